The van der Waals surface area contributed by atoms with Crippen molar-refractivity contribution in [1.82, 2.24) is 0 Å². The van der Waals surface area contributed by atoms with E-state index in [0.717, 1.165) is 11.3 Å². The maximum absolute atomic E-state index is 13.5. The van der Waals surface area contributed by atoms with Gasteiger partial charge in [0.05, 0.1) is 25.5 Å². The summed E-state index contributed by atoms with van der Waals surface area (Å²) in [5, 5.41) is 3.20. The van der Waals surface area contributed by atoms with Gasteiger partial charge in [0.25, 0.3) is 11.8 Å². The zero-order valence-corrected chi connectivity index (χ0v) is 17.5. The van der Waals surface area contributed by atoms with Gasteiger partial charge in [0.15, 0.2) is 11.5 Å². The first-order valence-corrected chi connectivity index (χ1v) is 9.78. The molecule has 1 aliphatic rings. The molecular formula is C25H22N2O4. The van der Waals surface area contributed by atoms with Gasteiger partial charge in [-0.15, -0.1) is 0 Å². The Bertz CT molecular complexity index is 1190. The van der Waals surface area contributed by atoms with Gasteiger partial charge in [0, 0.05) is 5.69 Å². The number of carbonyl (C=O) groups is 2. The number of benzene rings is 3. The van der Waals surface area contributed by atoms with Crippen LogP contribution in [0.1, 0.15) is 11.1 Å². The summed E-state index contributed by atoms with van der Waals surface area (Å²) in [4.78, 5) is 28.1. The predicted molar refractivity (Wildman–Crippen MR) is 120 cm³/mol. The number of ether oxygens (including phenoxy) is 2. The van der Waals surface area contributed by atoms with Crippen LogP contribution >= 0.6 is 0 Å². The lowest BCUT2D eigenvalue weighted by atomic mass is 10.0. The van der Waals surface area contributed by atoms with Crippen LogP contribution in [0.4, 0.5) is 11.4 Å². The predicted octanol–water partition coefficient (Wildman–Crippen LogP) is 4.41. The molecule has 2 amide bonds. The Morgan fingerprint density at radius 2 is 1.45 bits per heavy atom. The summed E-state index contributed by atoms with van der Waals surface area (Å²) >= 11 is 0. The highest BCUT2D eigenvalue weighted by Gasteiger charge is 2.40. The highest BCUT2D eigenvalue weighted by atomic mass is 16.5. The SMILES string of the molecule is COc1ccc(C2=C(Nc3ccccc3C)C(=O)N(c3ccccc3)C2=O)cc1OC. The molecule has 0 radical (unpaired) electrons. The molecule has 0 aliphatic carbocycles. The molecule has 0 saturated heterocycles. The third kappa shape index (κ3) is 3.64. The van der Waals surface area contributed by atoms with Gasteiger partial charge >= 0.3 is 0 Å². The number of nitrogens with zero attached hydrogens (tertiary/aromatic N) is 1. The zero-order valence-electron chi connectivity index (χ0n) is 17.5. The van der Waals surface area contributed by atoms with E-state index in [2.05, 4.69) is 5.32 Å². The van der Waals surface area contributed by atoms with Gasteiger partial charge in [0.2, 0.25) is 0 Å². The highest BCUT2D eigenvalue weighted by molar-refractivity contribution is 6.46. The minimum Gasteiger partial charge on any atom is -0.493 e. The van der Waals surface area contributed by atoms with Crippen molar-refractivity contribution in [1.29, 1.82) is 0 Å². The highest BCUT2D eigenvalue weighted by Crippen LogP contribution is 2.37. The second-order valence-corrected chi connectivity index (χ2v) is 7.04. The summed E-state index contributed by atoms with van der Waals surface area (Å²) in [6.45, 7) is 1.94. The number of amides is 2. The van der Waals surface area contributed by atoms with Crippen molar-refractivity contribution in [2.75, 3.05) is 24.4 Å². The van der Waals surface area contributed by atoms with Gasteiger partial charge in [-0.2, -0.15) is 0 Å². The van der Waals surface area contributed by atoms with E-state index in [0.29, 0.717) is 22.7 Å². The molecule has 0 fully saturated rings. The van der Waals surface area contributed by atoms with Crippen molar-refractivity contribution in [3.8, 4) is 11.5 Å². The molecular weight excluding hydrogens is 392 g/mol. The summed E-state index contributed by atoms with van der Waals surface area (Å²) in [7, 11) is 3.07. The Kier molecular flexibility index (Phi) is 5.45. The normalized spacial score (nSPS) is 13.6. The van der Waals surface area contributed by atoms with Crippen LogP contribution in [0.3, 0.4) is 0 Å². The molecule has 0 bridgehead atoms. The fourth-order valence-electron chi connectivity index (χ4n) is 3.56. The summed E-state index contributed by atoms with van der Waals surface area (Å²) in [6, 6.07) is 21.7. The van der Waals surface area contributed by atoms with Crippen molar-refractivity contribution in [3.05, 3.63) is 89.6 Å². The van der Waals surface area contributed by atoms with Crippen LogP contribution in [-0.2, 0) is 9.59 Å². The second-order valence-electron chi connectivity index (χ2n) is 7.04. The van der Waals surface area contributed by atoms with Crippen molar-refractivity contribution in [2.24, 2.45) is 0 Å². The number of aryl methyl sites for hydroxylation is 1. The Morgan fingerprint density at radius 1 is 0.774 bits per heavy atom. The molecule has 1 N–H and O–H groups in total. The third-order valence-electron chi connectivity index (χ3n) is 5.18. The zero-order chi connectivity index (χ0) is 22.0. The van der Waals surface area contributed by atoms with Gasteiger partial charge in [-0.1, -0.05) is 42.5 Å². The summed E-state index contributed by atoms with van der Waals surface area (Å²) in [5.41, 5.74) is 3.28. The van der Waals surface area contributed by atoms with E-state index in [1.807, 2.05) is 37.3 Å². The van der Waals surface area contributed by atoms with Crippen molar-refractivity contribution in [2.45, 2.75) is 6.92 Å². The maximum atomic E-state index is 13.5. The van der Waals surface area contributed by atoms with Crippen LogP contribution < -0.4 is 19.7 Å². The van der Waals surface area contributed by atoms with Crippen molar-refractivity contribution in [3.63, 3.8) is 0 Å². The number of nitrogens with one attached hydrogen (secondary N) is 1. The van der Waals surface area contributed by atoms with Crippen LogP contribution in [0.5, 0.6) is 11.5 Å². The molecule has 156 valence electrons. The lowest BCUT2D eigenvalue weighted by Gasteiger charge is -2.15. The first-order valence-electron chi connectivity index (χ1n) is 9.78. The number of methoxy groups -OCH3 is 2. The summed E-state index contributed by atoms with van der Waals surface area (Å²) in [5.74, 6) is 0.196. The molecule has 6 heteroatoms. The molecule has 0 aromatic heterocycles. The van der Waals surface area contributed by atoms with Crippen LogP contribution in [0.2, 0.25) is 0 Å². The van der Waals surface area contributed by atoms with E-state index in [1.165, 1.54) is 12.0 Å². The Balaban J connectivity index is 1.87. The average Bonchev–Trinajstić information content (AvgIpc) is 3.04. The fourth-order valence-corrected chi connectivity index (χ4v) is 3.56. The first-order chi connectivity index (χ1) is 15.0. The number of imide groups is 1. The second kappa shape index (κ2) is 8.36. The molecule has 0 atom stereocenters. The molecule has 0 unspecified atom stereocenters. The van der Waals surface area contributed by atoms with E-state index >= 15 is 0 Å². The lowest BCUT2D eigenvalue weighted by Crippen LogP contribution is -2.32. The summed E-state index contributed by atoms with van der Waals surface area (Å²) < 4.78 is 10.7. The molecule has 1 heterocycles. The average molecular weight is 414 g/mol. The van der Waals surface area contributed by atoms with E-state index in [4.69, 9.17) is 9.47 Å². The van der Waals surface area contributed by atoms with E-state index < -0.39 is 11.8 Å². The Morgan fingerprint density at radius 3 is 2.13 bits per heavy atom. The molecule has 6 nitrogen and oxygen atoms in total. The standard InChI is InChI=1S/C25H22N2O4/c1-16-9-7-8-12-19(16)26-23-22(17-13-14-20(30-2)21(15-17)31-3)24(28)27(25(23)29)18-10-5-4-6-11-18/h4-15,26H,1-3H3. The quantitative estimate of drug-likeness (QED) is 0.605. The van der Waals surface area contributed by atoms with E-state index in [9.17, 15) is 9.59 Å². The minimum atomic E-state index is -0.413. The van der Waals surface area contributed by atoms with E-state index in [1.54, 1.807) is 49.6 Å². The Hall–Kier alpha value is -4.06. The van der Waals surface area contributed by atoms with Gasteiger partial charge in [-0.25, -0.2) is 4.90 Å². The number of rotatable bonds is 6. The van der Waals surface area contributed by atoms with Gasteiger partial charge in [0.1, 0.15) is 5.70 Å². The number of carbonyl (C=O) groups excluding carboxylic acids is 2. The molecule has 3 aromatic carbocycles. The third-order valence-corrected chi connectivity index (χ3v) is 5.18. The number of hydrogen-bond acceptors (Lipinski definition) is 5. The lowest BCUT2D eigenvalue weighted by molar-refractivity contribution is -0.120. The summed E-state index contributed by atoms with van der Waals surface area (Å²) in [6.07, 6.45) is 0. The molecule has 0 saturated carbocycles. The van der Waals surface area contributed by atoms with Crippen molar-refractivity contribution >= 4 is 28.8 Å². The van der Waals surface area contributed by atoms with Gasteiger partial charge < -0.3 is 14.8 Å². The fraction of sp³-hybridized carbons (Fsp3) is 0.120. The number of hydrogen-bond donors (Lipinski definition) is 1. The van der Waals surface area contributed by atoms with Crippen LogP contribution in [0.15, 0.2) is 78.5 Å². The molecule has 4 rings (SSSR count). The maximum Gasteiger partial charge on any atom is 0.282 e. The minimum absolute atomic E-state index is 0.218. The molecule has 1 aliphatic heterocycles. The van der Waals surface area contributed by atoms with Crippen LogP contribution in [0.25, 0.3) is 5.57 Å². The van der Waals surface area contributed by atoms with Crippen LogP contribution in [-0.4, -0.2) is 26.0 Å². The molecule has 0 spiro atoms. The first kappa shape index (κ1) is 20.2. The molecule has 31 heavy (non-hydrogen) atoms. The van der Waals surface area contributed by atoms with Crippen molar-refractivity contribution < 1.29 is 19.1 Å². The topological polar surface area (TPSA) is 67.9 Å². The van der Waals surface area contributed by atoms with E-state index in [-0.39, 0.29) is 11.3 Å². The molecule has 3 aromatic rings. The largest absolute Gasteiger partial charge is 0.493 e. The van der Waals surface area contributed by atoms with Crippen LogP contribution in [0, 0.1) is 6.92 Å². The van der Waals surface area contributed by atoms with Gasteiger partial charge in [-0.05, 0) is 48.4 Å². The van der Waals surface area contributed by atoms with Gasteiger partial charge in [-0.3, -0.25) is 9.59 Å². The number of para-hydroxylation sites is 2. The smallest absolute Gasteiger partial charge is 0.282 e. The monoisotopic (exact) mass is 414 g/mol. The number of anilines is 2. The Labute approximate surface area is 180 Å².